The highest BCUT2D eigenvalue weighted by atomic mass is 19.1. The number of benzene rings is 1. The van der Waals surface area contributed by atoms with E-state index in [1.165, 1.54) is 7.11 Å². The van der Waals surface area contributed by atoms with Crippen LogP contribution < -0.4 is 4.90 Å². The molecule has 8 heteroatoms. The molecule has 2 aliphatic heterocycles. The van der Waals surface area contributed by atoms with Crippen LogP contribution in [0.2, 0.25) is 0 Å². The van der Waals surface area contributed by atoms with E-state index in [0.29, 0.717) is 34.8 Å². The van der Waals surface area contributed by atoms with Gasteiger partial charge in [0.25, 0.3) is 0 Å². The lowest BCUT2D eigenvalue weighted by molar-refractivity contribution is -0.112. The SMILES string of the molecule is COC(=O)c1ccc(N2CCN(Cc3ccc4c(c3F)CC(=O)C(C)=N4)CC2)c(C)n1. The van der Waals surface area contributed by atoms with Crippen LogP contribution in [0.5, 0.6) is 0 Å². The highest BCUT2D eigenvalue weighted by Gasteiger charge is 2.25. The van der Waals surface area contributed by atoms with Crippen LogP contribution >= 0.6 is 0 Å². The fourth-order valence-corrected chi connectivity index (χ4v) is 4.08. The molecule has 0 saturated carbocycles. The molecule has 162 valence electrons. The zero-order valence-electron chi connectivity index (χ0n) is 17.9. The average Bonchev–Trinajstić information content (AvgIpc) is 2.77. The second-order valence-electron chi connectivity index (χ2n) is 7.89. The number of Topliss-reactive ketones (excluding diaryl/α,β-unsaturated/α-hetero) is 1. The maximum absolute atomic E-state index is 15.0. The number of halogens is 1. The minimum absolute atomic E-state index is 0.0754. The van der Waals surface area contributed by atoms with Crippen molar-refractivity contribution in [3.63, 3.8) is 0 Å². The molecule has 1 aromatic heterocycles. The molecule has 0 N–H and O–H groups in total. The summed E-state index contributed by atoms with van der Waals surface area (Å²) in [4.78, 5) is 36.6. The molecule has 0 atom stereocenters. The Labute approximate surface area is 180 Å². The number of nitrogens with zero attached hydrogens (tertiary/aromatic N) is 4. The Balaban J connectivity index is 1.42. The van der Waals surface area contributed by atoms with E-state index < -0.39 is 5.97 Å². The molecular weight excluding hydrogens is 399 g/mol. The first kappa shape index (κ1) is 21.1. The monoisotopic (exact) mass is 424 g/mol. The number of piperazine rings is 1. The number of methoxy groups -OCH3 is 1. The van der Waals surface area contributed by atoms with Crippen molar-refractivity contribution in [1.29, 1.82) is 0 Å². The summed E-state index contributed by atoms with van der Waals surface area (Å²) in [7, 11) is 1.34. The minimum Gasteiger partial charge on any atom is -0.464 e. The van der Waals surface area contributed by atoms with Crippen LogP contribution in [0.1, 0.15) is 34.2 Å². The number of esters is 1. The summed E-state index contributed by atoms with van der Waals surface area (Å²) in [6.45, 7) is 7.11. The molecule has 1 aromatic carbocycles. The number of ketones is 1. The van der Waals surface area contributed by atoms with E-state index in [2.05, 4.69) is 19.8 Å². The summed E-state index contributed by atoms with van der Waals surface area (Å²) in [5.41, 5.74) is 4.04. The van der Waals surface area contributed by atoms with Gasteiger partial charge in [-0.25, -0.2) is 19.2 Å². The molecular formula is C23H25FN4O3. The van der Waals surface area contributed by atoms with Crippen LogP contribution in [0.25, 0.3) is 0 Å². The Hall–Kier alpha value is -3.13. The van der Waals surface area contributed by atoms with Crippen LogP contribution in [0, 0.1) is 12.7 Å². The van der Waals surface area contributed by atoms with Gasteiger partial charge in [-0.15, -0.1) is 0 Å². The van der Waals surface area contributed by atoms with E-state index in [0.717, 1.165) is 37.6 Å². The number of fused-ring (bicyclic) bond motifs is 1. The predicted octanol–water partition coefficient (Wildman–Crippen LogP) is 2.86. The number of hydrogen-bond acceptors (Lipinski definition) is 7. The summed E-state index contributed by atoms with van der Waals surface area (Å²) in [6.07, 6.45) is 0.0754. The van der Waals surface area contributed by atoms with Crippen molar-refractivity contribution < 1.29 is 18.7 Å². The Morgan fingerprint density at radius 1 is 1.13 bits per heavy atom. The molecule has 0 amide bonds. The third kappa shape index (κ3) is 4.20. The van der Waals surface area contributed by atoms with Crippen molar-refractivity contribution >= 4 is 28.8 Å². The third-order valence-electron chi connectivity index (χ3n) is 5.89. The van der Waals surface area contributed by atoms with Crippen molar-refractivity contribution in [2.45, 2.75) is 26.8 Å². The summed E-state index contributed by atoms with van der Waals surface area (Å²) in [6, 6.07) is 7.14. The van der Waals surface area contributed by atoms with Gasteiger partial charge < -0.3 is 9.64 Å². The van der Waals surface area contributed by atoms with Crippen LogP contribution in [0.4, 0.5) is 15.8 Å². The van der Waals surface area contributed by atoms with E-state index in [1.807, 2.05) is 13.0 Å². The van der Waals surface area contributed by atoms with Gasteiger partial charge in [0.1, 0.15) is 11.5 Å². The number of carbonyl (C=O) groups excluding carboxylic acids is 2. The number of aliphatic imine (C=N–C) groups is 1. The standard InChI is InChI=1S/C23H25FN4O3/c1-14-20(7-6-19(25-14)23(30)31-3)28-10-8-27(9-11-28)13-16-4-5-18-17(22(16)24)12-21(29)15(2)26-18/h4-7H,8-13H2,1-3H3. The summed E-state index contributed by atoms with van der Waals surface area (Å²) in [5, 5.41) is 0. The van der Waals surface area contributed by atoms with Gasteiger partial charge in [0.15, 0.2) is 5.78 Å². The lowest BCUT2D eigenvalue weighted by atomic mass is 9.97. The first-order valence-corrected chi connectivity index (χ1v) is 10.3. The van der Waals surface area contributed by atoms with Crippen LogP contribution in [0.15, 0.2) is 29.3 Å². The second kappa shape index (κ2) is 8.55. The highest BCUT2D eigenvalue weighted by molar-refractivity contribution is 6.40. The highest BCUT2D eigenvalue weighted by Crippen LogP contribution is 2.30. The van der Waals surface area contributed by atoms with E-state index in [1.54, 1.807) is 25.1 Å². The molecule has 4 rings (SSSR count). The smallest absolute Gasteiger partial charge is 0.356 e. The van der Waals surface area contributed by atoms with Crippen LogP contribution in [-0.4, -0.2) is 60.6 Å². The Morgan fingerprint density at radius 3 is 2.55 bits per heavy atom. The molecule has 3 heterocycles. The Morgan fingerprint density at radius 2 is 1.87 bits per heavy atom. The third-order valence-corrected chi connectivity index (χ3v) is 5.89. The van der Waals surface area contributed by atoms with Gasteiger partial charge in [-0.1, -0.05) is 6.07 Å². The van der Waals surface area contributed by atoms with Crippen molar-refractivity contribution in [3.8, 4) is 0 Å². The number of rotatable bonds is 4. The van der Waals surface area contributed by atoms with Crippen LogP contribution in [-0.2, 0) is 22.5 Å². The number of pyridine rings is 1. The van der Waals surface area contributed by atoms with Gasteiger partial charge in [0.05, 0.1) is 29.9 Å². The van der Waals surface area contributed by atoms with E-state index >= 15 is 4.39 Å². The van der Waals surface area contributed by atoms with E-state index in [9.17, 15) is 9.59 Å². The number of aromatic nitrogens is 1. The van der Waals surface area contributed by atoms with Gasteiger partial charge >= 0.3 is 5.97 Å². The van der Waals surface area contributed by atoms with Gasteiger partial charge in [0.2, 0.25) is 0 Å². The maximum atomic E-state index is 15.0. The Kier molecular flexibility index (Phi) is 5.82. The Bertz CT molecular complexity index is 1070. The fraction of sp³-hybridized carbons (Fsp3) is 0.391. The minimum atomic E-state index is -0.450. The lowest BCUT2D eigenvalue weighted by Crippen LogP contribution is -2.46. The number of aryl methyl sites for hydroxylation is 1. The molecule has 31 heavy (non-hydrogen) atoms. The zero-order chi connectivity index (χ0) is 22.1. The molecule has 0 bridgehead atoms. The second-order valence-corrected chi connectivity index (χ2v) is 7.89. The lowest BCUT2D eigenvalue weighted by Gasteiger charge is -2.36. The first-order chi connectivity index (χ1) is 14.9. The maximum Gasteiger partial charge on any atom is 0.356 e. The van der Waals surface area contributed by atoms with Crippen molar-refractivity contribution in [3.05, 3.63) is 52.6 Å². The van der Waals surface area contributed by atoms with E-state index in [-0.39, 0.29) is 18.0 Å². The van der Waals surface area contributed by atoms with Crippen molar-refractivity contribution in [2.24, 2.45) is 4.99 Å². The average molecular weight is 424 g/mol. The molecule has 7 nitrogen and oxygen atoms in total. The van der Waals surface area contributed by atoms with Crippen LogP contribution in [0.3, 0.4) is 0 Å². The molecule has 2 aliphatic rings. The normalized spacial score (nSPS) is 16.7. The molecule has 1 saturated heterocycles. The number of hydrogen-bond donors (Lipinski definition) is 0. The van der Waals surface area contributed by atoms with E-state index in [4.69, 9.17) is 4.74 Å². The molecule has 0 unspecified atom stereocenters. The largest absolute Gasteiger partial charge is 0.464 e. The molecule has 0 aliphatic carbocycles. The van der Waals surface area contributed by atoms with Crippen molar-refractivity contribution in [1.82, 2.24) is 9.88 Å². The first-order valence-electron chi connectivity index (χ1n) is 10.3. The molecule has 0 radical (unpaired) electrons. The van der Waals surface area contributed by atoms with Gasteiger partial charge in [-0.05, 0) is 32.0 Å². The molecule has 0 spiro atoms. The molecule has 2 aromatic rings. The number of ether oxygens (including phenoxy) is 1. The molecule has 1 fully saturated rings. The topological polar surface area (TPSA) is 75.1 Å². The number of anilines is 1. The van der Waals surface area contributed by atoms with Gasteiger partial charge in [-0.2, -0.15) is 0 Å². The summed E-state index contributed by atoms with van der Waals surface area (Å²) >= 11 is 0. The van der Waals surface area contributed by atoms with Crippen molar-refractivity contribution in [2.75, 3.05) is 38.2 Å². The zero-order valence-corrected chi connectivity index (χ0v) is 17.9. The van der Waals surface area contributed by atoms with Gasteiger partial charge in [0, 0.05) is 50.3 Å². The fourth-order valence-electron chi connectivity index (χ4n) is 4.08. The van der Waals surface area contributed by atoms with Gasteiger partial charge in [-0.3, -0.25) is 9.69 Å². The summed E-state index contributed by atoms with van der Waals surface area (Å²) < 4.78 is 19.8. The number of carbonyl (C=O) groups is 2. The summed E-state index contributed by atoms with van der Waals surface area (Å²) in [5.74, 6) is -0.892. The predicted molar refractivity (Wildman–Crippen MR) is 116 cm³/mol. The quantitative estimate of drug-likeness (QED) is 0.703.